The fourth-order valence-corrected chi connectivity index (χ4v) is 3.20. The molecule has 5 nitrogen and oxygen atoms in total. The first-order valence-electron chi connectivity index (χ1n) is 8.70. The number of carbonyl (C=O) groups excluding carboxylic acids is 1. The highest BCUT2D eigenvalue weighted by molar-refractivity contribution is 6.08. The van der Waals surface area contributed by atoms with Crippen LogP contribution in [0.25, 0.3) is 6.08 Å². The normalized spacial score (nSPS) is 14.8. The number of carbonyl (C=O) groups is 1. The first kappa shape index (κ1) is 18.0. The number of phenolic OH excluding ortho intramolecular Hbond substituents is 2. The number of benzene rings is 2. The highest BCUT2D eigenvalue weighted by atomic mass is 16.5. The molecule has 0 amide bonds. The predicted molar refractivity (Wildman–Crippen MR) is 101 cm³/mol. The molecule has 0 spiro atoms. The van der Waals surface area contributed by atoms with Crippen molar-refractivity contribution in [3.05, 3.63) is 59.2 Å². The molecule has 5 heteroatoms. The second-order valence-electron chi connectivity index (χ2n) is 6.45. The highest BCUT2D eigenvalue weighted by Gasteiger charge is 2.14. The Hall–Kier alpha value is -2.79. The van der Waals surface area contributed by atoms with Crippen molar-refractivity contribution in [2.75, 3.05) is 20.2 Å². The van der Waals surface area contributed by atoms with E-state index in [4.69, 9.17) is 4.74 Å². The van der Waals surface area contributed by atoms with E-state index in [1.807, 2.05) is 18.2 Å². The summed E-state index contributed by atoms with van der Waals surface area (Å²) in [7, 11) is 1.66. The van der Waals surface area contributed by atoms with Gasteiger partial charge in [0, 0.05) is 18.2 Å². The Labute approximate surface area is 153 Å². The van der Waals surface area contributed by atoms with Crippen LogP contribution in [0.5, 0.6) is 17.2 Å². The molecule has 0 aromatic heterocycles. The molecule has 1 aliphatic heterocycles. The van der Waals surface area contributed by atoms with E-state index in [1.165, 1.54) is 31.1 Å². The molecular formula is C21H23NO4. The monoisotopic (exact) mass is 353 g/mol. The topological polar surface area (TPSA) is 70.0 Å². The minimum Gasteiger partial charge on any atom is -0.508 e. The van der Waals surface area contributed by atoms with Crippen LogP contribution in [0.3, 0.4) is 0 Å². The summed E-state index contributed by atoms with van der Waals surface area (Å²) in [6.45, 7) is 3.03. The third kappa shape index (κ3) is 4.24. The quantitative estimate of drug-likeness (QED) is 0.613. The third-order valence-corrected chi connectivity index (χ3v) is 4.57. The molecule has 0 saturated carbocycles. The summed E-state index contributed by atoms with van der Waals surface area (Å²) in [4.78, 5) is 14.7. The molecule has 2 aromatic rings. The molecule has 2 N–H and O–H groups in total. The van der Waals surface area contributed by atoms with Gasteiger partial charge in [-0.2, -0.15) is 0 Å². The number of allylic oxidation sites excluding steroid dienone is 1. The van der Waals surface area contributed by atoms with Crippen LogP contribution in [0, 0.1) is 0 Å². The van der Waals surface area contributed by atoms with Gasteiger partial charge < -0.3 is 14.9 Å². The van der Waals surface area contributed by atoms with Crippen LogP contribution in [0.15, 0.2) is 42.5 Å². The minimum atomic E-state index is -0.320. The van der Waals surface area contributed by atoms with Crippen LogP contribution in [-0.4, -0.2) is 41.1 Å². The van der Waals surface area contributed by atoms with Gasteiger partial charge in [0.05, 0.1) is 12.7 Å². The van der Waals surface area contributed by atoms with Crippen molar-refractivity contribution in [3.8, 4) is 17.2 Å². The number of ketones is 1. The number of phenols is 2. The number of likely N-dealkylation sites (tertiary alicyclic amines) is 1. The number of hydrogen-bond donors (Lipinski definition) is 2. The number of methoxy groups -OCH3 is 1. The molecule has 0 atom stereocenters. The molecule has 0 radical (unpaired) electrons. The summed E-state index contributed by atoms with van der Waals surface area (Å²) in [6.07, 6.45) is 5.61. The molecule has 136 valence electrons. The summed E-state index contributed by atoms with van der Waals surface area (Å²) < 4.78 is 5.46. The molecule has 2 aromatic carbocycles. The van der Waals surface area contributed by atoms with E-state index in [-0.39, 0.29) is 22.8 Å². The fourth-order valence-electron chi connectivity index (χ4n) is 3.20. The lowest BCUT2D eigenvalue weighted by Gasteiger charge is -2.17. The first-order valence-corrected chi connectivity index (χ1v) is 8.70. The zero-order chi connectivity index (χ0) is 18.5. The summed E-state index contributed by atoms with van der Waals surface area (Å²) in [5, 5.41) is 19.1. The Morgan fingerprint density at radius 2 is 1.92 bits per heavy atom. The molecule has 1 aliphatic rings. The van der Waals surface area contributed by atoms with E-state index in [9.17, 15) is 15.0 Å². The van der Waals surface area contributed by atoms with E-state index in [2.05, 4.69) is 4.90 Å². The predicted octanol–water partition coefficient (Wildman–Crippen LogP) is 3.60. The van der Waals surface area contributed by atoms with E-state index >= 15 is 0 Å². The highest BCUT2D eigenvalue weighted by Crippen LogP contribution is 2.25. The summed E-state index contributed by atoms with van der Waals surface area (Å²) >= 11 is 0. The molecule has 0 aliphatic carbocycles. The van der Waals surface area contributed by atoms with Crippen molar-refractivity contribution in [3.63, 3.8) is 0 Å². The third-order valence-electron chi connectivity index (χ3n) is 4.57. The molecule has 1 fully saturated rings. The van der Waals surface area contributed by atoms with Gasteiger partial charge in [0.15, 0.2) is 5.78 Å². The Kier molecular flexibility index (Phi) is 5.58. The van der Waals surface area contributed by atoms with Crippen LogP contribution in [0.1, 0.15) is 34.3 Å². The standard InChI is InChI=1S/C21H23NO4/c1-26-21-9-5-15(12-16(21)14-22-10-2-3-11-22)4-8-19(24)18-7-6-17(23)13-20(18)25/h4-9,12-13,23,25H,2-3,10-11,14H2,1H3/b8-4+. The largest absolute Gasteiger partial charge is 0.508 e. The van der Waals surface area contributed by atoms with Gasteiger partial charge in [-0.15, -0.1) is 0 Å². The van der Waals surface area contributed by atoms with Gasteiger partial charge in [-0.3, -0.25) is 9.69 Å². The van der Waals surface area contributed by atoms with E-state index in [0.717, 1.165) is 42.6 Å². The van der Waals surface area contributed by atoms with E-state index < -0.39 is 0 Å². The lowest BCUT2D eigenvalue weighted by Crippen LogP contribution is -2.18. The Balaban J connectivity index is 1.77. The molecule has 3 rings (SSSR count). The molecule has 1 heterocycles. The number of aromatic hydroxyl groups is 2. The van der Waals surface area contributed by atoms with Gasteiger partial charge >= 0.3 is 0 Å². The van der Waals surface area contributed by atoms with Crippen LogP contribution in [0.2, 0.25) is 0 Å². The van der Waals surface area contributed by atoms with Gasteiger partial charge in [-0.1, -0.05) is 12.1 Å². The SMILES string of the molecule is COc1ccc(/C=C/C(=O)c2ccc(O)cc2O)cc1CN1CCCC1. The van der Waals surface area contributed by atoms with Gasteiger partial charge in [0.2, 0.25) is 0 Å². The Morgan fingerprint density at radius 1 is 1.15 bits per heavy atom. The minimum absolute atomic E-state index is 0.0789. The summed E-state index contributed by atoms with van der Waals surface area (Å²) in [5.41, 5.74) is 2.15. The van der Waals surface area contributed by atoms with Crippen LogP contribution in [-0.2, 0) is 6.54 Å². The van der Waals surface area contributed by atoms with Crippen LogP contribution >= 0.6 is 0 Å². The number of nitrogens with zero attached hydrogens (tertiary/aromatic N) is 1. The van der Waals surface area contributed by atoms with Crippen molar-refractivity contribution in [1.29, 1.82) is 0 Å². The van der Waals surface area contributed by atoms with Gasteiger partial charge in [0.1, 0.15) is 17.2 Å². The van der Waals surface area contributed by atoms with Crippen molar-refractivity contribution < 1.29 is 19.7 Å². The second kappa shape index (κ2) is 8.06. The van der Waals surface area contributed by atoms with Crippen LogP contribution in [0.4, 0.5) is 0 Å². The summed E-state index contributed by atoms with van der Waals surface area (Å²) in [6, 6.07) is 9.77. The second-order valence-corrected chi connectivity index (χ2v) is 6.45. The van der Waals surface area contributed by atoms with E-state index in [0.29, 0.717) is 0 Å². The first-order chi connectivity index (χ1) is 12.6. The maximum absolute atomic E-state index is 12.3. The number of rotatable bonds is 6. The molecular weight excluding hydrogens is 330 g/mol. The maximum Gasteiger partial charge on any atom is 0.189 e. The molecule has 1 saturated heterocycles. The molecule has 26 heavy (non-hydrogen) atoms. The number of ether oxygens (including phenoxy) is 1. The molecule has 0 bridgehead atoms. The number of hydrogen-bond acceptors (Lipinski definition) is 5. The summed E-state index contributed by atoms with van der Waals surface area (Å²) in [5.74, 6) is 0.213. The van der Waals surface area contributed by atoms with Crippen LogP contribution < -0.4 is 4.74 Å². The zero-order valence-electron chi connectivity index (χ0n) is 14.8. The maximum atomic E-state index is 12.3. The fraction of sp³-hybridized carbons (Fsp3) is 0.286. The van der Waals surface area contributed by atoms with Gasteiger partial charge in [-0.05, 0) is 61.8 Å². The average Bonchev–Trinajstić information content (AvgIpc) is 3.13. The zero-order valence-corrected chi connectivity index (χ0v) is 14.8. The lowest BCUT2D eigenvalue weighted by molar-refractivity contribution is 0.104. The lowest BCUT2D eigenvalue weighted by atomic mass is 10.1. The van der Waals surface area contributed by atoms with Crippen molar-refractivity contribution in [2.24, 2.45) is 0 Å². The smallest absolute Gasteiger partial charge is 0.189 e. The van der Waals surface area contributed by atoms with E-state index in [1.54, 1.807) is 13.2 Å². The molecule has 0 unspecified atom stereocenters. The van der Waals surface area contributed by atoms with Crippen molar-refractivity contribution in [2.45, 2.75) is 19.4 Å². The van der Waals surface area contributed by atoms with Crippen molar-refractivity contribution >= 4 is 11.9 Å². The Morgan fingerprint density at radius 3 is 2.62 bits per heavy atom. The Bertz CT molecular complexity index is 823. The van der Waals surface area contributed by atoms with Crippen molar-refractivity contribution in [1.82, 2.24) is 4.90 Å². The van der Waals surface area contributed by atoms with Gasteiger partial charge in [0.25, 0.3) is 0 Å². The van der Waals surface area contributed by atoms with Gasteiger partial charge in [-0.25, -0.2) is 0 Å². The average molecular weight is 353 g/mol.